The van der Waals surface area contributed by atoms with Gasteiger partial charge in [-0.3, -0.25) is 0 Å². The Labute approximate surface area is 113 Å². The second-order valence-corrected chi connectivity index (χ2v) is 5.13. The van der Waals surface area contributed by atoms with Crippen LogP contribution in [0.2, 0.25) is 0 Å². The van der Waals surface area contributed by atoms with Gasteiger partial charge in [0.25, 0.3) is 0 Å². The minimum atomic E-state index is 0.407. The molecular formula is C18H15N. The highest BCUT2D eigenvalue weighted by Crippen LogP contribution is 2.41. The molecule has 2 aromatic rings. The van der Waals surface area contributed by atoms with Gasteiger partial charge in [0.2, 0.25) is 0 Å². The van der Waals surface area contributed by atoms with Gasteiger partial charge in [0.05, 0.1) is 6.04 Å². The molecule has 92 valence electrons. The Bertz CT molecular complexity index is 667. The van der Waals surface area contributed by atoms with Crippen molar-refractivity contribution in [2.24, 2.45) is 0 Å². The fourth-order valence-corrected chi connectivity index (χ4v) is 3.02. The van der Waals surface area contributed by atoms with Crippen LogP contribution < -0.4 is 5.32 Å². The van der Waals surface area contributed by atoms with Gasteiger partial charge in [-0.15, -0.1) is 0 Å². The zero-order valence-electron chi connectivity index (χ0n) is 10.6. The van der Waals surface area contributed by atoms with E-state index in [-0.39, 0.29) is 0 Å². The summed E-state index contributed by atoms with van der Waals surface area (Å²) < 4.78 is 0. The number of rotatable bonds is 1. The number of allylic oxidation sites excluding steroid dienone is 2. The van der Waals surface area contributed by atoms with Crippen LogP contribution in [0.25, 0.3) is 5.57 Å². The Kier molecular flexibility index (Phi) is 2.31. The van der Waals surface area contributed by atoms with Gasteiger partial charge in [-0.05, 0) is 22.8 Å². The number of fused-ring (bicyclic) bond motifs is 3. The minimum Gasteiger partial charge on any atom is -0.378 e. The van der Waals surface area contributed by atoms with E-state index in [1.54, 1.807) is 0 Å². The third-order valence-corrected chi connectivity index (χ3v) is 3.98. The number of para-hydroxylation sites is 1. The van der Waals surface area contributed by atoms with E-state index in [1.807, 2.05) is 0 Å². The van der Waals surface area contributed by atoms with Crippen LogP contribution in [-0.2, 0) is 0 Å². The summed E-state index contributed by atoms with van der Waals surface area (Å²) in [5, 5.41) is 3.58. The number of anilines is 1. The SMILES string of the molecule is C1=CC2Nc3ccccc3[C@@H]2C=C1c1ccccc1. The summed E-state index contributed by atoms with van der Waals surface area (Å²) >= 11 is 0. The number of hydrogen-bond donors (Lipinski definition) is 1. The third kappa shape index (κ3) is 1.70. The summed E-state index contributed by atoms with van der Waals surface area (Å²) in [6.45, 7) is 0. The second-order valence-electron chi connectivity index (χ2n) is 5.13. The maximum atomic E-state index is 3.58. The van der Waals surface area contributed by atoms with Crippen LogP contribution >= 0.6 is 0 Å². The quantitative estimate of drug-likeness (QED) is 0.793. The molecule has 19 heavy (non-hydrogen) atoms. The van der Waals surface area contributed by atoms with E-state index in [2.05, 4.69) is 78.1 Å². The first-order valence-electron chi connectivity index (χ1n) is 6.73. The number of benzene rings is 2. The summed E-state index contributed by atoms with van der Waals surface area (Å²) in [6, 6.07) is 19.6. The first-order chi connectivity index (χ1) is 9.42. The van der Waals surface area contributed by atoms with Crippen molar-refractivity contribution in [1.29, 1.82) is 0 Å². The summed E-state index contributed by atoms with van der Waals surface area (Å²) in [6.07, 6.45) is 6.90. The molecule has 1 heterocycles. The molecule has 2 aliphatic rings. The number of hydrogen-bond acceptors (Lipinski definition) is 1. The van der Waals surface area contributed by atoms with Gasteiger partial charge in [0, 0.05) is 11.6 Å². The molecule has 0 fully saturated rings. The van der Waals surface area contributed by atoms with Crippen molar-refractivity contribution in [3.8, 4) is 0 Å². The van der Waals surface area contributed by atoms with Crippen molar-refractivity contribution in [3.05, 3.63) is 84.0 Å². The van der Waals surface area contributed by atoms with Crippen LogP contribution in [0.15, 0.2) is 72.8 Å². The summed E-state index contributed by atoms with van der Waals surface area (Å²) in [7, 11) is 0. The van der Waals surface area contributed by atoms with Crippen molar-refractivity contribution < 1.29 is 0 Å². The Morgan fingerprint density at radius 3 is 2.53 bits per heavy atom. The monoisotopic (exact) mass is 245 g/mol. The number of nitrogens with one attached hydrogen (secondary N) is 1. The lowest BCUT2D eigenvalue weighted by atomic mass is 9.86. The summed E-state index contributed by atoms with van der Waals surface area (Å²) in [5.41, 5.74) is 5.29. The summed E-state index contributed by atoms with van der Waals surface area (Å²) in [5.74, 6) is 0.455. The van der Waals surface area contributed by atoms with Gasteiger partial charge < -0.3 is 5.32 Å². The maximum absolute atomic E-state index is 3.58. The van der Waals surface area contributed by atoms with Gasteiger partial charge >= 0.3 is 0 Å². The molecule has 0 saturated carbocycles. The highest BCUT2D eigenvalue weighted by atomic mass is 15.0. The average molecular weight is 245 g/mol. The molecule has 1 unspecified atom stereocenters. The Morgan fingerprint density at radius 1 is 0.842 bits per heavy atom. The van der Waals surface area contributed by atoms with Crippen LogP contribution in [0.3, 0.4) is 0 Å². The summed E-state index contributed by atoms with van der Waals surface area (Å²) in [4.78, 5) is 0. The van der Waals surface area contributed by atoms with E-state index >= 15 is 0 Å². The van der Waals surface area contributed by atoms with E-state index in [1.165, 1.54) is 22.4 Å². The smallest absolute Gasteiger partial charge is 0.0552 e. The molecule has 0 aromatic heterocycles. The molecule has 1 aliphatic carbocycles. The fraction of sp³-hybridized carbons (Fsp3) is 0.111. The molecule has 0 radical (unpaired) electrons. The molecule has 0 saturated heterocycles. The Hall–Kier alpha value is -2.28. The maximum Gasteiger partial charge on any atom is 0.0552 e. The Balaban J connectivity index is 1.77. The molecule has 0 bridgehead atoms. The average Bonchev–Trinajstić information content (AvgIpc) is 2.86. The highest BCUT2D eigenvalue weighted by Gasteiger charge is 2.30. The lowest BCUT2D eigenvalue weighted by Crippen LogP contribution is -2.18. The van der Waals surface area contributed by atoms with Crippen LogP contribution in [-0.4, -0.2) is 6.04 Å². The van der Waals surface area contributed by atoms with Gasteiger partial charge in [0.1, 0.15) is 0 Å². The standard InChI is InChI=1S/C18H15N/c1-2-6-13(7-3-1)14-10-11-18-16(12-14)15-8-4-5-9-17(15)19-18/h1-12,16,18-19H/t16-,18?/m0/s1. The van der Waals surface area contributed by atoms with E-state index in [0.29, 0.717) is 12.0 Å². The molecular weight excluding hydrogens is 230 g/mol. The van der Waals surface area contributed by atoms with Gasteiger partial charge in [0.15, 0.2) is 0 Å². The molecule has 1 heteroatoms. The predicted octanol–water partition coefficient (Wildman–Crippen LogP) is 4.22. The zero-order chi connectivity index (χ0) is 12.7. The molecule has 1 N–H and O–H groups in total. The van der Waals surface area contributed by atoms with Crippen molar-refractivity contribution in [3.63, 3.8) is 0 Å². The molecule has 1 nitrogen and oxygen atoms in total. The van der Waals surface area contributed by atoms with E-state index in [9.17, 15) is 0 Å². The third-order valence-electron chi connectivity index (χ3n) is 3.98. The van der Waals surface area contributed by atoms with Crippen LogP contribution in [0.1, 0.15) is 17.0 Å². The highest BCUT2D eigenvalue weighted by molar-refractivity contribution is 5.79. The molecule has 4 rings (SSSR count). The van der Waals surface area contributed by atoms with E-state index in [0.717, 1.165) is 0 Å². The van der Waals surface area contributed by atoms with Crippen LogP contribution in [0.5, 0.6) is 0 Å². The van der Waals surface area contributed by atoms with Crippen LogP contribution in [0.4, 0.5) is 5.69 Å². The van der Waals surface area contributed by atoms with Crippen molar-refractivity contribution in [2.75, 3.05) is 5.32 Å². The van der Waals surface area contributed by atoms with E-state index < -0.39 is 0 Å². The molecule has 0 spiro atoms. The van der Waals surface area contributed by atoms with Crippen molar-refractivity contribution in [2.45, 2.75) is 12.0 Å². The zero-order valence-corrected chi connectivity index (χ0v) is 10.6. The topological polar surface area (TPSA) is 12.0 Å². The first kappa shape index (κ1) is 10.6. The van der Waals surface area contributed by atoms with Gasteiger partial charge in [-0.25, -0.2) is 0 Å². The molecule has 2 aromatic carbocycles. The first-order valence-corrected chi connectivity index (χ1v) is 6.73. The predicted molar refractivity (Wildman–Crippen MR) is 80.2 cm³/mol. The van der Waals surface area contributed by atoms with Crippen LogP contribution in [0, 0.1) is 0 Å². The fourth-order valence-electron chi connectivity index (χ4n) is 3.02. The van der Waals surface area contributed by atoms with Crippen molar-refractivity contribution >= 4 is 11.3 Å². The minimum absolute atomic E-state index is 0.407. The Morgan fingerprint density at radius 2 is 1.63 bits per heavy atom. The lowest BCUT2D eigenvalue weighted by molar-refractivity contribution is 0.808. The lowest BCUT2D eigenvalue weighted by Gasteiger charge is -2.19. The normalized spacial score (nSPS) is 23.3. The van der Waals surface area contributed by atoms with E-state index in [4.69, 9.17) is 0 Å². The molecule has 1 aliphatic heterocycles. The molecule has 0 amide bonds. The van der Waals surface area contributed by atoms with Crippen molar-refractivity contribution in [1.82, 2.24) is 0 Å². The second kappa shape index (κ2) is 4.13. The largest absolute Gasteiger partial charge is 0.378 e. The van der Waals surface area contributed by atoms with Gasteiger partial charge in [-0.2, -0.15) is 0 Å². The molecule has 2 atom stereocenters. The van der Waals surface area contributed by atoms with Gasteiger partial charge in [-0.1, -0.05) is 66.8 Å².